The maximum absolute atomic E-state index is 13.8. The number of hydrogen-bond donors (Lipinski definition) is 8. The number of hydrogen-bond acceptors (Lipinski definition) is 8. The van der Waals surface area contributed by atoms with Crippen molar-refractivity contribution in [2.75, 3.05) is 43.9 Å². The van der Waals surface area contributed by atoms with Crippen molar-refractivity contribution in [2.24, 2.45) is 0 Å². The molecule has 0 aliphatic rings. The number of aryl methyl sites for hydroxylation is 1. The van der Waals surface area contributed by atoms with Gasteiger partial charge in [0.05, 0.1) is 27.6 Å². The average molecular weight is 907 g/mol. The Morgan fingerprint density at radius 2 is 1.25 bits per heavy atom. The number of nitrogens with one attached hydrogen (secondary N) is 6. The maximum Gasteiger partial charge on any atom is 0.371 e. The molecule has 310 valence electrons. The van der Waals surface area contributed by atoms with Gasteiger partial charge < -0.3 is 47.2 Å². The number of anilines is 7. The molecule has 12 nitrogen and oxygen atoms in total. The number of carbonyl (C=O) groups is 3. The molecule has 1 heterocycles. The number of carboxylic acids is 1. The van der Waals surface area contributed by atoms with Crippen LogP contribution in [-0.4, -0.2) is 39.4 Å². The summed E-state index contributed by atoms with van der Waals surface area (Å²) in [6.07, 6.45) is 3.29. The fraction of sp³-hybridized carbons (Fsp3) is 0.0714. The van der Waals surface area contributed by atoms with Crippen LogP contribution in [0.4, 0.5) is 44.2 Å². The Labute approximate surface area is 370 Å². The SMILES string of the molecule is CC(=O)Nc1ccc(NC(=S)Nc2ccc(N)cc2)cc1Cl.CSc1ccc(NC(=S)Nc2ccc(NC(=O)c3ccccc3F)c(C)c2)cc1Cl.O=C(O)c1ccco1. The quantitative estimate of drug-likeness (QED) is 0.0390. The molecule has 1 aromatic heterocycles. The molecule has 0 bridgehead atoms. The molecule has 0 saturated carbocycles. The van der Waals surface area contributed by atoms with E-state index in [0.29, 0.717) is 43.0 Å². The molecule has 0 atom stereocenters. The van der Waals surface area contributed by atoms with Gasteiger partial charge in [-0.3, -0.25) is 9.59 Å². The monoisotopic (exact) mass is 905 g/mol. The highest BCUT2D eigenvalue weighted by Crippen LogP contribution is 2.29. The molecule has 0 aliphatic heterocycles. The predicted octanol–water partition coefficient (Wildman–Crippen LogP) is 11.2. The summed E-state index contributed by atoms with van der Waals surface area (Å²) >= 11 is 24.5. The van der Waals surface area contributed by atoms with E-state index in [1.165, 1.54) is 37.5 Å². The van der Waals surface area contributed by atoms with Gasteiger partial charge in [-0.25, -0.2) is 9.18 Å². The van der Waals surface area contributed by atoms with Gasteiger partial charge in [0.15, 0.2) is 10.2 Å². The normalized spacial score (nSPS) is 10.0. The number of halogens is 3. The summed E-state index contributed by atoms with van der Waals surface area (Å²) in [6.45, 7) is 3.27. The Balaban J connectivity index is 0.000000230. The molecular weight excluding hydrogens is 869 g/mol. The Kier molecular flexibility index (Phi) is 17.7. The number of amides is 2. The van der Waals surface area contributed by atoms with Gasteiger partial charge in [0, 0.05) is 45.9 Å². The zero-order chi connectivity index (χ0) is 43.8. The van der Waals surface area contributed by atoms with E-state index in [9.17, 15) is 18.8 Å². The summed E-state index contributed by atoms with van der Waals surface area (Å²) in [5, 5.41) is 27.7. The second kappa shape index (κ2) is 22.8. The fourth-order valence-electron chi connectivity index (χ4n) is 4.90. The molecule has 5 aromatic carbocycles. The lowest BCUT2D eigenvalue weighted by atomic mass is 10.1. The molecular formula is C42H38Cl2FN7O5S3. The number of aromatic carboxylic acids is 1. The molecule has 60 heavy (non-hydrogen) atoms. The lowest BCUT2D eigenvalue weighted by Gasteiger charge is -2.14. The number of rotatable bonds is 9. The van der Waals surface area contributed by atoms with E-state index in [4.69, 9.17) is 58.5 Å². The standard InChI is InChI=1S/C22H19ClFN3OS2.C15H15ClN4OS.C5H4O3/c1-13-11-14(25-22(29)26-15-8-10-20(30-2)17(23)12-15)7-9-19(13)27-21(28)16-5-3-4-6-18(16)24;1-9(21)18-14-7-6-12(8-13(14)16)20-15(22)19-11-4-2-10(17)3-5-11;6-5(7)4-2-1-3-8-4/h3-12H,1-2H3,(H,27,28)(H2,25,26,29);2-8H,17H2,1H3,(H,18,21)(H2,19,20,22);1-3H,(H,6,7). The van der Waals surface area contributed by atoms with Crippen LogP contribution in [-0.2, 0) is 4.79 Å². The van der Waals surface area contributed by atoms with E-state index in [2.05, 4.69) is 36.3 Å². The first-order chi connectivity index (χ1) is 28.6. The smallest absolute Gasteiger partial charge is 0.371 e. The summed E-state index contributed by atoms with van der Waals surface area (Å²) < 4.78 is 18.3. The Hall–Kier alpha value is -6.17. The maximum atomic E-state index is 13.8. The van der Waals surface area contributed by atoms with E-state index in [-0.39, 0.29) is 17.2 Å². The topological polar surface area (TPSA) is 183 Å². The van der Waals surface area contributed by atoms with Gasteiger partial charge in [-0.1, -0.05) is 35.3 Å². The van der Waals surface area contributed by atoms with Gasteiger partial charge in [-0.05, 0) is 146 Å². The van der Waals surface area contributed by atoms with Gasteiger partial charge in [-0.2, -0.15) is 0 Å². The summed E-state index contributed by atoms with van der Waals surface area (Å²) in [7, 11) is 0. The third-order valence-corrected chi connectivity index (χ3v) is 9.64. The Morgan fingerprint density at radius 1 is 0.700 bits per heavy atom. The minimum absolute atomic E-state index is 0.00404. The van der Waals surface area contributed by atoms with E-state index in [1.807, 2.05) is 49.6 Å². The van der Waals surface area contributed by atoms with Crippen LogP contribution in [0.1, 0.15) is 33.4 Å². The van der Waals surface area contributed by atoms with E-state index >= 15 is 0 Å². The lowest BCUT2D eigenvalue weighted by molar-refractivity contribution is -0.114. The minimum Gasteiger partial charge on any atom is -0.475 e. The molecule has 6 rings (SSSR count). The Morgan fingerprint density at radius 3 is 1.75 bits per heavy atom. The molecule has 2 amide bonds. The molecule has 9 N–H and O–H groups in total. The number of benzene rings is 5. The van der Waals surface area contributed by atoms with Crippen LogP contribution in [0.15, 0.2) is 131 Å². The molecule has 0 radical (unpaired) electrons. The first-order valence-electron chi connectivity index (χ1n) is 17.5. The minimum atomic E-state index is -1.03. The third kappa shape index (κ3) is 14.9. The second-order valence-electron chi connectivity index (χ2n) is 12.3. The lowest BCUT2D eigenvalue weighted by Crippen LogP contribution is -2.19. The van der Waals surface area contributed by atoms with Crippen LogP contribution >= 0.6 is 59.4 Å². The first kappa shape index (κ1) is 46.5. The van der Waals surface area contributed by atoms with Gasteiger partial charge in [-0.15, -0.1) is 11.8 Å². The van der Waals surface area contributed by atoms with Gasteiger partial charge in [0.2, 0.25) is 11.7 Å². The fourth-order valence-corrected chi connectivity index (χ4v) is 6.47. The van der Waals surface area contributed by atoms with Crippen LogP contribution in [0, 0.1) is 12.7 Å². The molecule has 0 aliphatic carbocycles. The average Bonchev–Trinajstić information content (AvgIpc) is 3.75. The van der Waals surface area contributed by atoms with Crippen molar-refractivity contribution in [3.8, 4) is 0 Å². The second-order valence-corrected chi connectivity index (χ2v) is 14.7. The van der Waals surface area contributed by atoms with Crippen LogP contribution < -0.4 is 37.6 Å². The van der Waals surface area contributed by atoms with Gasteiger partial charge in [0.25, 0.3) is 5.91 Å². The summed E-state index contributed by atoms with van der Waals surface area (Å²) in [5.41, 5.74) is 11.3. The zero-order valence-corrected chi connectivity index (χ0v) is 36.0. The largest absolute Gasteiger partial charge is 0.475 e. The molecule has 0 saturated heterocycles. The van der Waals surface area contributed by atoms with Gasteiger partial charge in [0.1, 0.15) is 5.82 Å². The Bertz CT molecular complexity index is 2480. The number of thioether (sulfide) groups is 1. The van der Waals surface area contributed by atoms with E-state index < -0.39 is 17.7 Å². The highest BCUT2D eigenvalue weighted by molar-refractivity contribution is 7.98. The van der Waals surface area contributed by atoms with Crippen LogP contribution in [0.5, 0.6) is 0 Å². The van der Waals surface area contributed by atoms with Crippen LogP contribution in [0.25, 0.3) is 0 Å². The predicted molar refractivity (Wildman–Crippen MR) is 251 cm³/mol. The molecule has 0 unspecified atom stereocenters. The number of nitrogen functional groups attached to an aromatic ring is 1. The van der Waals surface area contributed by atoms with Crippen molar-refractivity contribution in [3.63, 3.8) is 0 Å². The third-order valence-electron chi connectivity index (χ3n) is 7.70. The molecule has 18 heteroatoms. The number of carbonyl (C=O) groups excluding carboxylic acids is 2. The van der Waals surface area contributed by atoms with E-state index in [1.54, 1.807) is 66.4 Å². The van der Waals surface area contributed by atoms with Crippen molar-refractivity contribution in [1.29, 1.82) is 0 Å². The number of furan rings is 1. The highest BCUT2D eigenvalue weighted by atomic mass is 35.5. The summed E-state index contributed by atoms with van der Waals surface area (Å²) in [6, 6.07) is 32.2. The first-order valence-corrected chi connectivity index (χ1v) is 20.3. The molecule has 0 spiro atoms. The highest BCUT2D eigenvalue weighted by Gasteiger charge is 2.13. The number of thiocarbonyl (C=S) groups is 2. The number of nitrogens with two attached hydrogens (primary N) is 1. The number of carboxylic acid groups (broad SMARTS) is 1. The summed E-state index contributed by atoms with van der Waals surface area (Å²) in [5.74, 6) is -2.30. The van der Waals surface area contributed by atoms with Crippen molar-refractivity contribution in [3.05, 3.63) is 154 Å². The van der Waals surface area contributed by atoms with Crippen molar-refractivity contribution in [2.45, 2.75) is 18.7 Å². The van der Waals surface area contributed by atoms with Crippen LogP contribution in [0.3, 0.4) is 0 Å². The molecule has 0 fully saturated rings. The van der Waals surface area contributed by atoms with Crippen molar-refractivity contribution >= 4 is 127 Å². The van der Waals surface area contributed by atoms with Crippen molar-refractivity contribution < 1.29 is 28.3 Å². The summed E-state index contributed by atoms with van der Waals surface area (Å²) in [4.78, 5) is 34.3. The zero-order valence-electron chi connectivity index (χ0n) is 32.1. The van der Waals surface area contributed by atoms with Gasteiger partial charge >= 0.3 is 5.97 Å². The van der Waals surface area contributed by atoms with Crippen molar-refractivity contribution in [1.82, 2.24) is 0 Å². The van der Waals surface area contributed by atoms with E-state index in [0.717, 1.165) is 27.5 Å². The molecule has 6 aromatic rings. The van der Waals surface area contributed by atoms with Crippen LogP contribution in [0.2, 0.25) is 10.0 Å².